The molecule has 0 bridgehead atoms. The van der Waals surface area contributed by atoms with E-state index >= 15 is 0 Å². The van der Waals surface area contributed by atoms with Gasteiger partial charge in [-0.05, 0) is 55.8 Å². The number of carbonyl (C=O) groups is 1. The van der Waals surface area contributed by atoms with E-state index in [1.165, 1.54) is 17.4 Å². The second-order valence-corrected chi connectivity index (χ2v) is 8.05. The minimum absolute atomic E-state index is 0.379. The molecular formula is C25H30N2O6S. The molecule has 1 aromatic heterocycles. The van der Waals surface area contributed by atoms with Gasteiger partial charge in [0.05, 0.1) is 44.8 Å². The van der Waals surface area contributed by atoms with Crippen LogP contribution in [-0.4, -0.2) is 51.6 Å². The van der Waals surface area contributed by atoms with E-state index in [1.807, 2.05) is 36.6 Å². The minimum Gasteiger partial charge on any atom is -0.494 e. The highest BCUT2D eigenvalue weighted by Gasteiger charge is 2.12. The first-order chi connectivity index (χ1) is 16.5. The van der Waals surface area contributed by atoms with Crippen molar-refractivity contribution in [1.29, 1.82) is 0 Å². The summed E-state index contributed by atoms with van der Waals surface area (Å²) in [7, 11) is 4.64. The largest absolute Gasteiger partial charge is 0.494 e. The zero-order valence-corrected chi connectivity index (χ0v) is 20.9. The summed E-state index contributed by atoms with van der Waals surface area (Å²) in [6.07, 6.45) is 3.09. The molecule has 8 nitrogen and oxygen atoms in total. The number of nitrogens with zero attached hydrogens (tertiary/aromatic N) is 2. The van der Waals surface area contributed by atoms with E-state index in [4.69, 9.17) is 23.7 Å². The number of rotatable bonds is 11. The van der Waals surface area contributed by atoms with Crippen LogP contribution in [0.15, 0.2) is 41.4 Å². The Balaban J connectivity index is 1.95. The maximum absolute atomic E-state index is 12.7. The predicted octanol–water partition coefficient (Wildman–Crippen LogP) is 4.30. The lowest BCUT2D eigenvalue weighted by atomic mass is 10.1. The van der Waals surface area contributed by atoms with Crippen LogP contribution < -0.4 is 23.7 Å². The number of aromatic nitrogens is 1. The van der Waals surface area contributed by atoms with E-state index in [0.717, 1.165) is 21.5 Å². The first-order valence-corrected chi connectivity index (χ1v) is 11.8. The number of carbonyl (C=O) groups excluding carboxylic acids is 1. The van der Waals surface area contributed by atoms with Crippen LogP contribution in [0.1, 0.15) is 19.4 Å². The van der Waals surface area contributed by atoms with Crippen LogP contribution in [0.4, 0.5) is 0 Å². The number of fused-ring (bicyclic) bond motifs is 1. The lowest BCUT2D eigenvalue weighted by Gasteiger charge is -2.12. The van der Waals surface area contributed by atoms with E-state index in [1.54, 1.807) is 39.5 Å². The van der Waals surface area contributed by atoms with Crippen LogP contribution in [0.3, 0.4) is 0 Å². The molecule has 1 heterocycles. The Kier molecular flexibility index (Phi) is 9.12. The van der Waals surface area contributed by atoms with Crippen LogP contribution in [0.25, 0.3) is 16.3 Å². The number of benzene rings is 2. The maximum atomic E-state index is 12.7. The summed E-state index contributed by atoms with van der Waals surface area (Å²) in [4.78, 5) is 17.7. The van der Waals surface area contributed by atoms with Gasteiger partial charge in [-0.3, -0.25) is 4.79 Å². The van der Waals surface area contributed by atoms with Crippen molar-refractivity contribution in [3.8, 4) is 23.0 Å². The van der Waals surface area contributed by atoms with Crippen molar-refractivity contribution < 1.29 is 28.5 Å². The monoisotopic (exact) mass is 486 g/mol. The average molecular weight is 487 g/mol. The number of methoxy groups -OCH3 is 3. The van der Waals surface area contributed by atoms with E-state index in [0.29, 0.717) is 48.4 Å². The molecule has 9 heteroatoms. The molecule has 3 rings (SSSR count). The van der Waals surface area contributed by atoms with Crippen molar-refractivity contribution in [1.82, 2.24) is 4.57 Å². The first kappa shape index (κ1) is 25.3. The molecule has 0 saturated carbocycles. The van der Waals surface area contributed by atoms with Gasteiger partial charge in [0.2, 0.25) is 5.75 Å². The van der Waals surface area contributed by atoms with Gasteiger partial charge in [-0.2, -0.15) is 4.99 Å². The highest BCUT2D eigenvalue weighted by atomic mass is 32.1. The van der Waals surface area contributed by atoms with Gasteiger partial charge in [-0.25, -0.2) is 0 Å². The predicted molar refractivity (Wildman–Crippen MR) is 133 cm³/mol. The second kappa shape index (κ2) is 12.2. The lowest BCUT2D eigenvalue weighted by Crippen LogP contribution is -2.19. The molecule has 0 fully saturated rings. The molecule has 0 spiro atoms. The van der Waals surface area contributed by atoms with E-state index in [-0.39, 0.29) is 5.91 Å². The quantitative estimate of drug-likeness (QED) is 0.297. The third-order valence-electron chi connectivity index (χ3n) is 4.94. The summed E-state index contributed by atoms with van der Waals surface area (Å²) >= 11 is 1.44. The third kappa shape index (κ3) is 5.98. The zero-order valence-electron chi connectivity index (χ0n) is 20.1. The van der Waals surface area contributed by atoms with E-state index in [2.05, 4.69) is 4.99 Å². The highest BCUT2D eigenvalue weighted by molar-refractivity contribution is 7.16. The fourth-order valence-electron chi connectivity index (χ4n) is 3.41. The Hall–Kier alpha value is -3.30. The molecule has 0 aliphatic rings. The fraction of sp³-hybridized carbons (Fsp3) is 0.360. The Morgan fingerprint density at radius 3 is 2.38 bits per heavy atom. The van der Waals surface area contributed by atoms with E-state index < -0.39 is 0 Å². The summed E-state index contributed by atoms with van der Waals surface area (Å²) in [6, 6.07) is 9.41. The van der Waals surface area contributed by atoms with Gasteiger partial charge >= 0.3 is 0 Å². The van der Waals surface area contributed by atoms with Crippen molar-refractivity contribution in [3.05, 3.63) is 46.8 Å². The summed E-state index contributed by atoms with van der Waals surface area (Å²) in [5, 5.41) is 0. The second-order valence-electron chi connectivity index (χ2n) is 7.04. The van der Waals surface area contributed by atoms with Gasteiger partial charge in [0.1, 0.15) is 5.75 Å². The van der Waals surface area contributed by atoms with Crippen molar-refractivity contribution in [2.45, 2.75) is 20.4 Å². The molecule has 1 amide bonds. The van der Waals surface area contributed by atoms with Gasteiger partial charge in [0.25, 0.3) is 5.91 Å². The minimum atomic E-state index is -0.379. The Labute approximate surface area is 203 Å². The summed E-state index contributed by atoms with van der Waals surface area (Å²) in [5.74, 6) is 1.91. The smallest absolute Gasteiger partial charge is 0.272 e. The molecular weight excluding hydrogens is 456 g/mol. The average Bonchev–Trinajstić information content (AvgIpc) is 3.18. The normalized spacial score (nSPS) is 11.9. The number of ether oxygens (including phenoxy) is 5. The van der Waals surface area contributed by atoms with Crippen LogP contribution in [0.5, 0.6) is 23.0 Å². The van der Waals surface area contributed by atoms with Crippen LogP contribution in [-0.2, 0) is 16.1 Å². The van der Waals surface area contributed by atoms with Gasteiger partial charge in [0.15, 0.2) is 16.3 Å². The van der Waals surface area contributed by atoms with Gasteiger partial charge in [-0.1, -0.05) is 11.3 Å². The highest BCUT2D eigenvalue weighted by Crippen LogP contribution is 2.38. The number of hydrogen-bond acceptors (Lipinski definition) is 7. The first-order valence-electron chi connectivity index (χ1n) is 10.9. The molecule has 0 atom stereocenters. The van der Waals surface area contributed by atoms with Crippen LogP contribution in [0, 0.1) is 0 Å². The van der Waals surface area contributed by atoms with Gasteiger partial charge < -0.3 is 28.3 Å². The van der Waals surface area contributed by atoms with Crippen LogP contribution >= 0.6 is 11.3 Å². The topological polar surface area (TPSA) is 80.5 Å². The molecule has 3 aromatic rings. The van der Waals surface area contributed by atoms with Crippen molar-refractivity contribution in [3.63, 3.8) is 0 Å². The number of hydrogen-bond donors (Lipinski definition) is 0. The molecule has 34 heavy (non-hydrogen) atoms. The Bertz CT molecular complexity index is 1200. The molecule has 0 aliphatic heterocycles. The van der Waals surface area contributed by atoms with Crippen LogP contribution in [0.2, 0.25) is 0 Å². The Morgan fingerprint density at radius 2 is 1.76 bits per heavy atom. The number of amides is 1. The Morgan fingerprint density at radius 1 is 1.03 bits per heavy atom. The fourth-order valence-corrected chi connectivity index (χ4v) is 4.50. The molecule has 0 radical (unpaired) electrons. The molecule has 0 aliphatic carbocycles. The number of thiazole rings is 1. The summed E-state index contributed by atoms with van der Waals surface area (Å²) < 4.78 is 30.2. The van der Waals surface area contributed by atoms with Gasteiger partial charge in [0, 0.05) is 19.2 Å². The maximum Gasteiger partial charge on any atom is 0.272 e. The summed E-state index contributed by atoms with van der Waals surface area (Å²) in [5.41, 5.74) is 1.70. The van der Waals surface area contributed by atoms with Crippen molar-refractivity contribution >= 4 is 33.5 Å². The molecule has 0 unspecified atom stereocenters. The molecule has 0 N–H and O–H groups in total. The molecule has 2 aromatic carbocycles. The van der Waals surface area contributed by atoms with Gasteiger partial charge in [-0.15, -0.1) is 0 Å². The SMILES string of the molecule is CCOCCn1c(=NC(=O)C=Cc2cc(OC)c(OC)c(OC)c2)sc2cc(OCC)ccc21. The van der Waals surface area contributed by atoms with Crippen molar-refractivity contribution in [2.75, 3.05) is 41.2 Å². The van der Waals surface area contributed by atoms with Crippen molar-refractivity contribution in [2.24, 2.45) is 4.99 Å². The third-order valence-corrected chi connectivity index (χ3v) is 5.98. The lowest BCUT2D eigenvalue weighted by molar-refractivity contribution is -0.113. The molecule has 0 saturated heterocycles. The molecule has 182 valence electrons. The summed E-state index contributed by atoms with van der Waals surface area (Å²) in [6.45, 7) is 6.22. The standard InChI is InChI=1S/C25H30N2O6S/c1-6-32-13-12-27-19-10-9-18(33-7-2)16-22(19)34-25(27)26-23(28)11-8-17-14-20(29-3)24(31-5)21(15-17)30-4/h8-11,14-16H,6-7,12-13H2,1-5H3. The zero-order chi connectivity index (χ0) is 24.5. The van der Waals surface area contributed by atoms with E-state index in [9.17, 15) is 4.79 Å².